The number of hydrogen-bond acceptors (Lipinski definition) is 7. The van der Waals surface area contributed by atoms with Crippen molar-refractivity contribution in [3.63, 3.8) is 0 Å². The van der Waals surface area contributed by atoms with Crippen LogP contribution in [-0.2, 0) is 33.5 Å². The molecule has 1 aromatic carbocycles. The lowest BCUT2D eigenvalue weighted by molar-refractivity contribution is -0.870. The Labute approximate surface area is 209 Å². The van der Waals surface area contributed by atoms with Gasteiger partial charge in [-0.05, 0) is 26.0 Å². The number of carboxylic acid groups (broad SMARTS) is 1. The normalized spacial score (nSPS) is 13.7. The maximum atomic E-state index is 12.0. The number of nitrogens with zero attached hydrogens (tertiary/aromatic N) is 3. The minimum Gasteiger partial charge on any atom is -0.778 e. The molecule has 2 aromatic rings. The van der Waals surface area contributed by atoms with E-state index in [2.05, 4.69) is 23.0 Å². The Balaban J connectivity index is 0.000000809. The zero-order valence-electron chi connectivity index (χ0n) is 21.3. The van der Waals surface area contributed by atoms with Gasteiger partial charge in [0.2, 0.25) is 0 Å². The number of quaternary nitrogens is 1. The fraction of sp³-hybridized carbons (Fsp3) is 0.636. The van der Waals surface area contributed by atoms with Gasteiger partial charge in [0.05, 0.1) is 53.9 Å². The molecule has 0 spiro atoms. The number of rotatable bonds is 12. The number of hydrogen-bond donors (Lipinski definition) is 1. The molecule has 1 atom stereocenters. The number of fused-ring (bicyclic) bond motifs is 1. The van der Waals surface area contributed by atoms with E-state index in [9.17, 15) is 22.6 Å². The summed E-state index contributed by atoms with van der Waals surface area (Å²) < 4.78 is 59.5. The molecule has 0 aliphatic heterocycles. The van der Waals surface area contributed by atoms with Crippen LogP contribution in [0, 0.1) is 0 Å². The molecule has 0 saturated carbocycles. The number of alkyl halides is 3. The number of nitrogens with two attached hydrogens (primary N) is 1. The number of carbonyl (C=O) groups excluding carboxylic acids is 1. The summed E-state index contributed by atoms with van der Waals surface area (Å²) in [5, 5.41) is 8.78. The second-order valence-electron chi connectivity index (χ2n) is 8.93. The maximum Gasteiger partial charge on any atom is 0.430 e. The van der Waals surface area contributed by atoms with Gasteiger partial charge in [-0.25, -0.2) is 9.13 Å². The van der Waals surface area contributed by atoms with Crippen molar-refractivity contribution >= 4 is 24.6 Å². The van der Waals surface area contributed by atoms with E-state index in [0.717, 1.165) is 41.0 Å². The summed E-state index contributed by atoms with van der Waals surface area (Å²) >= 11 is 0. The van der Waals surface area contributed by atoms with Crippen molar-refractivity contribution in [2.75, 3.05) is 47.1 Å². The zero-order valence-corrected chi connectivity index (χ0v) is 22.2. The molecule has 0 saturated heterocycles. The van der Waals surface area contributed by atoms with Gasteiger partial charge in [-0.3, -0.25) is 0 Å². The number of imidazole rings is 1. The van der Waals surface area contributed by atoms with Crippen molar-refractivity contribution in [1.82, 2.24) is 4.57 Å². The van der Waals surface area contributed by atoms with Gasteiger partial charge in [0.25, 0.3) is 5.82 Å². The van der Waals surface area contributed by atoms with Crippen LogP contribution in [0.15, 0.2) is 18.2 Å². The van der Waals surface area contributed by atoms with Gasteiger partial charge in [-0.1, -0.05) is 0 Å². The lowest BCUT2D eigenvalue weighted by Crippen LogP contribution is -2.38. The first-order valence-electron chi connectivity index (χ1n) is 11.5. The van der Waals surface area contributed by atoms with Gasteiger partial charge in [0.1, 0.15) is 25.9 Å². The fourth-order valence-electron chi connectivity index (χ4n) is 3.53. The van der Waals surface area contributed by atoms with Crippen molar-refractivity contribution < 1.29 is 50.8 Å². The summed E-state index contributed by atoms with van der Waals surface area (Å²) in [5.41, 5.74) is 8.12. The van der Waals surface area contributed by atoms with E-state index in [1.807, 2.05) is 39.3 Å². The molecule has 0 bridgehead atoms. The molecule has 14 heteroatoms. The minimum atomic E-state index is -5.19. The Hall–Kier alpha value is -2.18. The van der Waals surface area contributed by atoms with Gasteiger partial charge in [-0.15, -0.1) is 0 Å². The Kier molecular flexibility index (Phi) is 11.8. The van der Waals surface area contributed by atoms with Crippen LogP contribution in [0.5, 0.6) is 5.75 Å². The summed E-state index contributed by atoms with van der Waals surface area (Å²) in [6.07, 6.45) is -4.56. The van der Waals surface area contributed by atoms with Crippen LogP contribution in [-0.4, -0.2) is 68.3 Å². The van der Waals surface area contributed by atoms with Crippen molar-refractivity contribution in [2.45, 2.75) is 46.1 Å². The van der Waals surface area contributed by atoms with E-state index in [0.29, 0.717) is 18.7 Å². The predicted octanol–water partition coefficient (Wildman–Crippen LogP) is 0.771. The lowest BCUT2D eigenvalue weighted by atomic mass is 10.3. The monoisotopic (exact) mass is 540 g/mol. The highest BCUT2D eigenvalue weighted by Crippen LogP contribution is 2.37. The predicted molar refractivity (Wildman–Crippen MR) is 124 cm³/mol. The molecule has 0 aliphatic rings. The van der Waals surface area contributed by atoms with E-state index in [1.54, 1.807) is 0 Å². The third-order valence-electron chi connectivity index (χ3n) is 5.10. The van der Waals surface area contributed by atoms with Crippen LogP contribution in [0.3, 0.4) is 0 Å². The molecule has 0 fully saturated rings. The Morgan fingerprint density at radius 3 is 2.31 bits per heavy atom. The van der Waals surface area contributed by atoms with Crippen molar-refractivity contribution in [2.24, 2.45) is 5.73 Å². The molecule has 0 radical (unpaired) electrons. The van der Waals surface area contributed by atoms with Gasteiger partial charge in [0, 0.05) is 18.6 Å². The van der Waals surface area contributed by atoms with Crippen LogP contribution in [0.4, 0.5) is 13.2 Å². The lowest BCUT2D eigenvalue weighted by Gasteiger charge is -2.27. The first kappa shape index (κ1) is 31.8. The SMILES string of the molecule is CCn1c(CN)[n+](CC)c2ccc(OCCOP(=O)([O-])CCC[N+](C)(C)C)cc21.O=C([O-])C(F)(F)F. The van der Waals surface area contributed by atoms with Crippen LogP contribution < -0.4 is 25.0 Å². The van der Waals surface area contributed by atoms with Crippen LogP contribution in [0.1, 0.15) is 26.1 Å². The molecule has 1 unspecified atom stereocenters. The number of benzene rings is 1. The quantitative estimate of drug-likeness (QED) is 0.182. The Bertz CT molecular complexity index is 1050. The van der Waals surface area contributed by atoms with E-state index in [-0.39, 0.29) is 19.4 Å². The molecule has 1 heterocycles. The smallest absolute Gasteiger partial charge is 0.430 e. The van der Waals surface area contributed by atoms with Crippen LogP contribution >= 0.6 is 7.60 Å². The molecule has 36 heavy (non-hydrogen) atoms. The first-order valence-corrected chi connectivity index (χ1v) is 13.2. The van der Waals surface area contributed by atoms with Crippen LogP contribution in [0.25, 0.3) is 11.0 Å². The zero-order chi connectivity index (χ0) is 27.7. The van der Waals surface area contributed by atoms with Crippen molar-refractivity contribution in [3.8, 4) is 5.75 Å². The minimum absolute atomic E-state index is 0.0149. The van der Waals surface area contributed by atoms with Gasteiger partial charge in [-0.2, -0.15) is 13.2 Å². The van der Waals surface area contributed by atoms with Gasteiger partial charge < -0.3 is 38.8 Å². The molecule has 10 nitrogen and oxygen atoms in total. The number of ether oxygens (including phenoxy) is 1. The largest absolute Gasteiger partial charge is 0.778 e. The highest BCUT2D eigenvalue weighted by Gasteiger charge is 2.28. The van der Waals surface area contributed by atoms with Gasteiger partial charge in [0.15, 0.2) is 11.0 Å². The van der Waals surface area contributed by atoms with Crippen molar-refractivity contribution in [1.29, 1.82) is 0 Å². The molecule has 0 aliphatic carbocycles. The van der Waals surface area contributed by atoms with Gasteiger partial charge >= 0.3 is 6.18 Å². The molecule has 1 aromatic heterocycles. The summed E-state index contributed by atoms with van der Waals surface area (Å²) in [7, 11) is 2.28. The third kappa shape index (κ3) is 10.1. The molecular formula is C22H36F3N4O6P. The molecule has 206 valence electrons. The topological polar surface area (TPSA) is 134 Å². The first-order chi connectivity index (χ1) is 16.6. The standard InChI is InChI=1S/C20H36N4O4P.C2HF3O2/c1-6-22-18-10-9-17(15-19(18)23(7-2)20(22)16-21)27-12-13-28-29(25,26)14-8-11-24(3,4)5;3-2(4,5)1(6)7/h9-10,15H,6-8,11-14,16,21H2,1-5H3;(H,6,7)/q+1;/p-1. The summed E-state index contributed by atoms with van der Waals surface area (Å²) in [4.78, 5) is 20.8. The molecule has 2 N–H and O–H groups in total. The summed E-state index contributed by atoms with van der Waals surface area (Å²) in [6, 6.07) is 5.89. The highest BCUT2D eigenvalue weighted by molar-refractivity contribution is 7.51. The molecule has 0 amide bonds. The van der Waals surface area contributed by atoms with E-state index >= 15 is 0 Å². The molecular weight excluding hydrogens is 504 g/mol. The number of carbonyl (C=O) groups is 1. The Morgan fingerprint density at radius 1 is 1.22 bits per heavy atom. The number of halogens is 3. The second kappa shape index (κ2) is 13.4. The van der Waals surface area contributed by atoms with E-state index < -0.39 is 19.7 Å². The highest BCUT2D eigenvalue weighted by atomic mass is 31.2. The van der Waals surface area contributed by atoms with E-state index in [1.165, 1.54) is 0 Å². The Morgan fingerprint density at radius 2 is 1.83 bits per heavy atom. The second-order valence-corrected chi connectivity index (χ2v) is 10.9. The summed E-state index contributed by atoms with van der Waals surface area (Å²) in [6.45, 7) is 7.29. The number of aromatic nitrogens is 2. The van der Waals surface area contributed by atoms with Crippen LogP contribution in [0.2, 0.25) is 0 Å². The fourth-order valence-corrected chi connectivity index (χ4v) is 4.54. The average molecular weight is 541 g/mol. The number of aryl methyl sites for hydroxylation is 2. The number of carboxylic acids is 1. The number of aliphatic carboxylic acids is 1. The summed E-state index contributed by atoms with van der Waals surface area (Å²) in [5.74, 6) is -1.25. The van der Waals surface area contributed by atoms with Crippen molar-refractivity contribution in [3.05, 3.63) is 24.0 Å². The average Bonchev–Trinajstić information content (AvgIpc) is 3.07. The maximum absolute atomic E-state index is 12.0. The van der Waals surface area contributed by atoms with E-state index in [4.69, 9.17) is 24.9 Å². The molecule has 2 rings (SSSR count). The third-order valence-corrected chi connectivity index (χ3v) is 6.54.